The van der Waals surface area contributed by atoms with E-state index in [9.17, 15) is 4.79 Å². The molecular weight excluding hydrogens is 1090 g/mol. The zero-order valence-corrected chi connectivity index (χ0v) is 47.4. The Bertz CT molecular complexity index is 3660. The lowest BCUT2D eigenvalue weighted by atomic mass is 9.77. The van der Waals surface area contributed by atoms with Crippen LogP contribution in [0.25, 0.3) is 6.08 Å². The summed E-state index contributed by atoms with van der Waals surface area (Å²) in [6, 6.07) is 78.1. The Kier molecular flexibility index (Phi) is 15.7. The Labute approximate surface area is 493 Å². The number of hydrogen-bond donors (Lipinski definition) is 2. The van der Waals surface area contributed by atoms with Crippen LogP contribution in [0.3, 0.4) is 0 Å². The number of fused-ring (bicyclic) bond motifs is 1. The number of hydrogen-bond acceptors (Lipinski definition) is 13. The zero-order chi connectivity index (χ0) is 56.6. The second-order valence-electron chi connectivity index (χ2n) is 20.3. The summed E-state index contributed by atoms with van der Waals surface area (Å²) in [5, 5.41) is 17.9. The summed E-state index contributed by atoms with van der Waals surface area (Å²) in [6.07, 6.45) is 2.86. The highest BCUT2D eigenvalue weighted by Crippen LogP contribution is 2.46. The minimum Gasteiger partial charge on any atom is -0.452 e. The molecule has 10 aromatic rings. The summed E-state index contributed by atoms with van der Waals surface area (Å²) in [4.78, 5) is 60.0. The van der Waals surface area contributed by atoms with Crippen LogP contribution in [0.2, 0.25) is 0 Å². The molecule has 0 bridgehead atoms. The van der Waals surface area contributed by atoms with Crippen LogP contribution < -0.4 is 10.6 Å². The van der Waals surface area contributed by atoms with Gasteiger partial charge in [0.2, 0.25) is 11.5 Å². The summed E-state index contributed by atoms with van der Waals surface area (Å²) < 4.78 is 10.7. The summed E-state index contributed by atoms with van der Waals surface area (Å²) >= 11 is 3.97. The summed E-state index contributed by atoms with van der Waals surface area (Å²) in [6.45, 7) is 1.90. The smallest absolute Gasteiger partial charge is 0.319 e. The normalized spacial score (nSPS) is 17.1. The second kappa shape index (κ2) is 24.0. The lowest BCUT2D eigenvalue weighted by Gasteiger charge is -2.53. The van der Waals surface area contributed by atoms with E-state index in [-0.39, 0.29) is 29.6 Å². The maximum absolute atomic E-state index is 15.5. The number of aromatic nitrogens is 3. The van der Waals surface area contributed by atoms with Crippen LogP contribution in [0.4, 0.5) is 5.13 Å². The molecule has 2 amide bonds. The number of esters is 1. The number of nitrogens with zero attached hydrogens (tertiary/aromatic N) is 5. The quantitative estimate of drug-likeness (QED) is 0.0264. The van der Waals surface area contributed by atoms with E-state index in [1.807, 2.05) is 213 Å². The molecule has 8 aromatic carbocycles. The van der Waals surface area contributed by atoms with Gasteiger partial charge in [0.1, 0.15) is 33.8 Å². The number of nitrogens with one attached hydrogen (secondary N) is 2. The van der Waals surface area contributed by atoms with Crippen LogP contribution in [0, 0.1) is 12.3 Å². The molecule has 2 aromatic heterocycles. The molecule has 12 nitrogen and oxygen atoms in total. The number of oxime groups is 1. The Balaban J connectivity index is 0.910. The van der Waals surface area contributed by atoms with E-state index in [0.717, 1.165) is 49.4 Å². The first-order valence-corrected chi connectivity index (χ1v) is 29.8. The van der Waals surface area contributed by atoms with E-state index < -0.39 is 46.0 Å². The lowest BCUT2D eigenvalue weighted by Crippen LogP contribution is -2.74. The molecule has 0 aliphatic carbocycles. The Morgan fingerprint density at radius 2 is 1.12 bits per heavy atom. The van der Waals surface area contributed by atoms with Crippen LogP contribution in [-0.4, -0.2) is 66.7 Å². The van der Waals surface area contributed by atoms with Crippen molar-refractivity contribution in [3.8, 4) is 0 Å². The average Bonchev–Trinajstić information content (AvgIpc) is 4.00. The monoisotopic (exact) mass is 1150 g/mol. The maximum atomic E-state index is 15.5. The van der Waals surface area contributed by atoms with Gasteiger partial charge in [-0.15, -0.1) is 28.2 Å². The number of carbonyl (C=O) groups excluding carboxylic acids is 3. The van der Waals surface area contributed by atoms with E-state index >= 15 is 9.59 Å². The zero-order valence-electron chi connectivity index (χ0n) is 45.0. The van der Waals surface area contributed by atoms with E-state index in [0.29, 0.717) is 10.8 Å². The molecule has 2 N–H and O–H groups in total. The molecule has 3 atom stereocenters. The second-order valence-corrected chi connectivity index (χ2v) is 23.2. The maximum Gasteiger partial charge on any atom is 0.319 e. The topological polar surface area (TPSA) is 148 Å². The summed E-state index contributed by atoms with van der Waals surface area (Å²) in [5.41, 5.74) is 3.87. The van der Waals surface area contributed by atoms with Gasteiger partial charge in [0.15, 0.2) is 16.9 Å². The molecule has 2 fully saturated rings. The van der Waals surface area contributed by atoms with E-state index in [1.165, 1.54) is 34.6 Å². The first-order valence-electron chi connectivity index (χ1n) is 27.1. The Morgan fingerprint density at radius 1 is 0.663 bits per heavy atom. The van der Waals surface area contributed by atoms with Crippen molar-refractivity contribution < 1.29 is 24.0 Å². The van der Waals surface area contributed by atoms with E-state index in [2.05, 4.69) is 56.6 Å². The third-order valence-electron chi connectivity index (χ3n) is 15.2. The van der Waals surface area contributed by atoms with Gasteiger partial charge in [-0.1, -0.05) is 258 Å². The van der Waals surface area contributed by atoms with Gasteiger partial charge in [0, 0.05) is 39.2 Å². The standard InChI is InChI=1S/C68H55N7O5S3/c1-47-56(72-74-83-47)42-43-66(64(78)79-60(48-26-10-2-11-27-48)49-28-12-3-13-29-49)45-75-62(77)59(63(75)82-46-66)70-61(76)58(73-80-68(53-36-20-7-21-37-53,54-38-22-8-23-39-54)55-40-24-9-25-41-55)57-44-81-65(69-57)71-67(50-30-14-4-15-31-50,51-32-16-5-17-33-51)52-34-18-6-19-35-52/h2-44,59-60,63H,45-46H2,1H3,(H,69,71)(H,70,76)/t59?,63-,66?/m1/s1. The molecule has 410 valence electrons. The predicted octanol–water partition coefficient (Wildman–Crippen LogP) is 12.9. The van der Waals surface area contributed by atoms with Gasteiger partial charge >= 0.3 is 5.97 Å². The summed E-state index contributed by atoms with van der Waals surface area (Å²) in [7, 11) is 0. The van der Waals surface area contributed by atoms with E-state index in [1.54, 1.807) is 22.4 Å². The average molecular weight is 1150 g/mol. The molecule has 0 radical (unpaired) electrons. The fraction of sp³-hybridized carbons (Fsp3) is 0.132. The van der Waals surface area contributed by atoms with E-state index in [4.69, 9.17) is 19.7 Å². The number of amides is 2. The highest BCUT2D eigenvalue weighted by Gasteiger charge is 2.58. The van der Waals surface area contributed by atoms with Crippen molar-refractivity contribution in [2.45, 2.75) is 35.6 Å². The number of rotatable bonds is 19. The van der Waals surface area contributed by atoms with Crippen LogP contribution in [0.15, 0.2) is 259 Å². The minimum absolute atomic E-state index is 0.0109. The molecule has 12 rings (SSSR count). The largest absolute Gasteiger partial charge is 0.452 e. The van der Waals surface area contributed by atoms with Crippen molar-refractivity contribution in [1.82, 2.24) is 24.8 Å². The van der Waals surface area contributed by atoms with Gasteiger partial charge in [0.25, 0.3) is 5.91 Å². The first kappa shape index (κ1) is 54.3. The fourth-order valence-electron chi connectivity index (χ4n) is 10.9. The van der Waals surface area contributed by atoms with Crippen molar-refractivity contribution in [3.63, 3.8) is 0 Å². The van der Waals surface area contributed by atoms with Crippen molar-refractivity contribution in [2.24, 2.45) is 10.6 Å². The lowest BCUT2D eigenvalue weighted by molar-refractivity contribution is -0.162. The number of carbonyl (C=O) groups is 3. The SMILES string of the molecule is Cc1snnc1C=CC1(C(=O)OC(c2ccccc2)c2ccccc2)CS[C@@H]2C(NC(=O)C(=NOC(c3ccccc3)(c3ccccc3)c3ccccc3)c3csc(NC(c4ccccc4)(c4ccccc4)c4ccccc4)n3)C(=O)N2C1. The van der Waals surface area contributed by atoms with Gasteiger partial charge in [-0.2, -0.15) is 0 Å². The van der Waals surface area contributed by atoms with Gasteiger partial charge in [-0.3, -0.25) is 14.4 Å². The van der Waals surface area contributed by atoms with Gasteiger partial charge in [-0.25, -0.2) is 4.98 Å². The number of benzene rings is 8. The van der Waals surface area contributed by atoms with Crippen LogP contribution in [0.5, 0.6) is 0 Å². The van der Waals surface area contributed by atoms with Gasteiger partial charge in [-0.05, 0) is 52.3 Å². The molecule has 4 heterocycles. The molecule has 2 unspecified atom stereocenters. The van der Waals surface area contributed by atoms with Gasteiger partial charge < -0.3 is 25.1 Å². The number of thioether (sulfide) groups is 1. The third-order valence-corrected chi connectivity index (χ3v) is 18.1. The number of β-lactam (4-membered cyclic amide) rings is 1. The number of anilines is 1. The van der Waals surface area contributed by atoms with Crippen molar-refractivity contribution in [2.75, 3.05) is 17.6 Å². The highest BCUT2D eigenvalue weighted by molar-refractivity contribution is 8.00. The number of aryl methyl sites for hydroxylation is 1. The van der Waals surface area contributed by atoms with Crippen LogP contribution >= 0.6 is 34.6 Å². The fourth-order valence-corrected chi connectivity index (χ4v) is 13.6. The van der Waals surface area contributed by atoms with Gasteiger partial charge in [0.05, 0.1) is 0 Å². The minimum atomic E-state index is -1.36. The molecule has 2 aliphatic rings. The number of thiazole rings is 1. The van der Waals surface area contributed by atoms with Crippen molar-refractivity contribution in [3.05, 3.63) is 315 Å². The molecule has 0 spiro atoms. The Morgan fingerprint density at radius 3 is 1.58 bits per heavy atom. The molecule has 0 saturated carbocycles. The predicted molar refractivity (Wildman–Crippen MR) is 329 cm³/mol. The molecule has 15 heteroatoms. The van der Waals surface area contributed by atoms with Crippen molar-refractivity contribution >= 4 is 69.3 Å². The molecule has 83 heavy (non-hydrogen) atoms. The molecule has 2 aliphatic heterocycles. The molecule has 2 saturated heterocycles. The third kappa shape index (κ3) is 10.8. The molecular formula is C68H55N7O5S3. The first-order chi connectivity index (χ1) is 40.8. The van der Waals surface area contributed by atoms with Crippen molar-refractivity contribution in [1.29, 1.82) is 0 Å². The number of ether oxygens (including phenoxy) is 1. The summed E-state index contributed by atoms with van der Waals surface area (Å²) in [5.74, 6) is -1.34. The van der Waals surface area contributed by atoms with Crippen LogP contribution in [-0.2, 0) is 35.1 Å². The Hall–Kier alpha value is -9.28. The highest BCUT2D eigenvalue weighted by atomic mass is 32.2. The van der Waals surface area contributed by atoms with Crippen LogP contribution in [0.1, 0.15) is 66.9 Å².